The highest BCUT2D eigenvalue weighted by Crippen LogP contribution is 2.41. The van der Waals surface area contributed by atoms with E-state index in [0.717, 1.165) is 0 Å². The maximum absolute atomic E-state index is 10.7. The molecule has 5 nitrogen and oxygen atoms in total. The Labute approximate surface area is 126 Å². The van der Waals surface area contributed by atoms with Gasteiger partial charge in [0.1, 0.15) is 17.2 Å². The van der Waals surface area contributed by atoms with Crippen LogP contribution in [0.4, 0.5) is 5.69 Å². The van der Waals surface area contributed by atoms with Crippen LogP contribution in [0.15, 0.2) is 40.3 Å². The van der Waals surface area contributed by atoms with Gasteiger partial charge in [0, 0.05) is 16.5 Å². The molecule has 1 aliphatic rings. The summed E-state index contributed by atoms with van der Waals surface area (Å²) >= 11 is 0. The molecule has 0 spiro atoms. The van der Waals surface area contributed by atoms with Crippen LogP contribution in [0, 0.1) is 0 Å². The van der Waals surface area contributed by atoms with Crippen LogP contribution < -0.4 is 16.4 Å². The van der Waals surface area contributed by atoms with Gasteiger partial charge in [-0.25, -0.2) is 0 Å². The molecule has 0 aromatic heterocycles. The molecule has 0 atom stereocenters. The van der Waals surface area contributed by atoms with E-state index in [9.17, 15) is 10.2 Å². The Kier molecular flexibility index (Phi) is 2.27. The molecule has 0 unspecified atom stereocenters. The van der Waals surface area contributed by atoms with Crippen molar-refractivity contribution in [3.8, 4) is 11.5 Å². The second-order valence-corrected chi connectivity index (χ2v) is 6.04. The van der Waals surface area contributed by atoms with Crippen LogP contribution in [0.5, 0.6) is 11.5 Å². The van der Waals surface area contributed by atoms with E-state index < -0.39 is 5.66 Å². The van der Waals surface area contributed by atoms with Gasteiger partial charge in [0.2, 0.25) is 0 Å². The number of fused-ring (bicyclic) bond motifs is 4. The molecule has 3 aromatic rings. The molecule has 1 aliphatic heterocycles. The lowest BCUT2D eigenvalue weighted by Crippen LogP contribution is -2.23. The summed E-state index contributed by atoms with van der Waals surface area (Å²) in [5.74, 6) is 0.132. The molecule has 0 aliphatic carbocycles. The molecule has 4 rings (SSSR count). The summed E-state index contributed by atoms with van der Waals surface area (Å²) < 4.78 is 0. The number of nitrogen functional groups attached to an aromatic ring is 1. The molecule has 22 heavy (non-hydrogen) atoms. The van der Waals surface area contributed by atoms with Gasteiger partial charge in [0.25, 0.3) is 0 Å². The Bertz CT molecular complexity index is 1080. The van der Waals surface area contributed by atoms with Gasteiger partial charge in [0.05, 0.1) is 21.5 Å². The first kappa shape index (κ1) is 12.9. The van der Waals surface area contributed by atoms with E-state index in [4.69, 9.17) is 5.73 Å². The lowest BCUT2D eigenvalue weighted by Gasteiger charge is -2.11. The van der Waals surface area contributed by atoms with Gasteiger partial charge in [-0.05, 0) is 19.9 Å². The van der Waals surface area contributed by atoms with Gasteiger partial charge >= 0.3 is 0 Å². The smallest absolute Gasteiger partial charge is 0.146 e. The predicted molar refractivity (Wildman–Crippen MR) is 85.6 cm³/mol. The Hall–Kier alpha value is -2.82. The largest absolute Gasteiger partial charge is 0.507 e. The Morgan fingerprint density at radius 1 is 0.955 bits per heavy atom. The highest BCUT2D eigenvalue weighted by atomic mass is 16.3. The van der Waals surface area contributed by atoms with Crippen molar-refractivity contribution in [3.05, 3.63) is 41.0 Å². The minimum atomic E-state index is -0.600. The minimum Gasteiger partial charge on any atom is -0.507 e. The number of nitrogens with zero attached hydrogens (tertiary/aromatic N) is 2. The number of rotatable bonds is 0. The second kappa shape index (κ2) is 3.88. The monoisotopic (exact) mass is 293 g/mol. The van der Waals surface area contributed by atoms with Crippen molar-refractivity contribution < 1.29 is 10.2 Å². The second-order valence-electron chi connectivity index (χ2n) is 6.04. The molecular weight excluding hydrogens is 278 g/mol. The van der Waals surface area contributed by atoms with E-state index in [0.29, 0.717) is 37.9 Å². The SMILES string of the molecule is CC1(C)N=c2cc(N)c3c(O)c4ccccc4c(O)c3c2=N1. The molecule has 0 saturated carbocycles. The lowest BCUT2D eigenvalue weighted by atomic mass is 9.99. The fraction of sp³-hybridized carbons (Fsp3) is 0.176. The van der Waals surface area contributed by atoms with Gasteiger partial charge in [-0.1, -0.05) is 24.3 Å². The molecule has 0 amide bonds. The van der Waals surface area contributed by atoms with Gasteiger partial charge in [-0.15, -0.1) is 0 Å². The van der Waals surface area contributed by atoms with Crippen molar-refractivity contribution >= 4 is 27.2 Å². The highest BCUT2D eigenvalue weighted by Gasteiger charge is 2.24. The number of hydrogen-bond acceptors (Lipinski definition) is 5. The molecule has 0 bridgehead atoms. The maximum Gasteiger partial charge on any atom is 0.146 e. The molecule has 5 heteroatoms. The van der Waals surface area contributed by atoms with Gasteiger partial charge in [-0.3, -0.25) is 9.98 Å². The van der Waals surface area contributed by atoms with E-state index >= 15 is 0 Å². The summed E-state index contributed by atoms with van der Waals surface area (Å²) in [5.41, 5.74) is 5.88. The van der Waals surface area contributed by atoms with Crippen LogP contribution in [0.3, 0.4) is 0 Å². The van der Waals surface area contributed by atoms with Crippen LogP contribution in [0.1, 0.15) is 13.8 Å². The number of anilines is 1. The van der Waals surface area contributed by atoms with E-state index in [1.54, 1.807) is 24.3 Å². The number of hydrogen-bond donors (Lipinski definition) is 3. The van der Waals surface area contributed by atoms with Crippen molar-refractivity contribution in [1.82, 2.24) is 0 Å². The zero-order valence-electron chi connectivity index (χ0n) is 12.3. The van der Waals surface area contributed by atoms with E-state index in [-0.39, 0.29) is 11.5 Å². The summed E-state index contributed by atoms with van der Waals surface area (Å²) in [6.07, 6.45) is 0. The summed E-state index contributed by atoms with van der Waals surface area (Å²) in [4.78, 5) is 9.08. The Morgan fingerprint density at radius 2 is 1.55 bits per heavy atom. The third-order valence-corrected chi connectivity index (χ3v) is 4.00. The van der Waals surface area contributed by atoms with Crippen LogP contribution in [0.2, 0.25) is 0 Å². The van der Waals surface area contributed by atoms with E-state index in [2.05, 4.69) is 9.98 Å². The number of aromatic hydroxyl groups is 2. The Morgan fingerprint density at radius 3 is 2.18 bits per heavy atom. The maximum atomic E-state index is 10.7. The Balaban J connectivity index is 2.39. The number of phenolic OH excluding ortho intramolecular Hbond substituents is 2. The molecule has 4 N–H and O–H groups in total. The van der Waals surface area contributed by atoms with Crippen molar-refractivity contribution in [3.63, 3.8) is 0 Å². The summed E-state index contributed by atoms with van der Waals surface area (Å²) in [6, 6.07) is 8.83. The average Bonchev–Trinajstić information content (AvgIpc) is 2.77. The van der Waals surface area contributed by atoms with Crippen LogP contribution in [0.25, 0.3) is 21.5 Å². The lowest BCUT2D eigenvalue weighted by molar-refractivity contribution is 0.478. The first-order chi connectivity index (χ1) is 10.4. The van der Waals surface area contributed by atoms with Crippen molar-refractivity contribution in [2.24, 2.45) is 9.98 Å². The quantitative estimate of drug-likeness (QED) is 0.336. The minimum absolute atomic E-state index is 0.0589. The van der Waals surface area contributed by atoms with Crippen LogP contribution in [-0.2, 0) is 0 Å². The number of nitrogens with two attached hydrogens (primary N) is 1. The normalized spacial score (nSPS) is 15.5. The summed E-state index contributed by atoms with van der Waals surface area (Å²) in [5, 5.41) is 24.6. The van der Waals surface area contributed by atoms with Crippen molar-refractivity contribution in [1.29, 1.82) is 0 Å². The number of benzene rings is 3. The third kappa shape index (κ3) is 1.53. The first-order valence-corrected chi connectivity index (χ1v) is 7.04. The standard InChI is InChI=1S/C17H15N3O2/c1-17(2)19-11-7-10(18)12-13(14(11)20-17)16(22)9-6-4-3-5-8(9)15(12)21/h3-7,21-22H,18H2,1-2H3. The van der Waals surface area contributed by atoms with Gasteiger partial charge in [0.15, 0.2) is 0 Å². The van der Waals surface area contributed by atoms with Crippen LogP contribution in [-0.4, -0.2) is 15.9 Å². The molecular formula is C17H15N3O2. The topological polar surface area (TPSA) is 91.2 Å². The van der Waals surface area contributed by atoms with Crippen LogP contribution >= 0.6 is 0 Å². The molecule has 3 aromatic carbocycles. The van der Waals surface area contributed by atoms with Gasteiger partial charge in [-0.2, -0.15) is 0 Å². The molecule has 0 fully saturated rings. The fourth-order valence-electron chi connectivity index (χ4n) is 3.12. The fourth-order valence-corrected chi connectivity index (χ4v) is 3.12. The predicted octanol–water partition coefficient (Wildman–Crippen LogP) is 1.98. The van der Waals surface area contributed by atoms with E-state index in [1.807, 2.05) is 19.9 Å². The zero-order valence-corrected chi connectivity index (χ0v) is 12.3. The molecule has 1 heterocycles. The average molecular weight is 293 g/mol. The third-order valence-electron chi connectivity index (χ3n) is 4.00. The molecule has 0 radical (unpaired) electrons. The van der Waals surface area contributed by atoms with Crippen molar-refractivity contribution in [2.45, 2.75) is 19.5 Å². The highest BCUT2D eigenvalue weighted by molar-refractivity contribution is 6.14. The summed E-state index contributed by atoms with van der Waals surface area (Å²) in [6.45, 7) is 3.76. The summed E-state index contributed by atoms with van der Waals surface area (Å²) in [7, 11) is 0. The molecule has 0 saturated heterocycles. The zero-order chi connectivity index (χ0) is 15.6. The van der Waals surface area contributed by atoms with E-state index in [1.165, 1.54) is 0 Å². The van der Waals surface area contributed by atoms with Crippen molar-refractivity contribution in [2.75, 3.05) is 5.73 Å². The first-order valence-electron chi connectivity index (χ1n) is 7.04. The van der Waals surface area contributed by atoms with Gasteiger partial charge < -0.3 is 15.9 Å². The number of phenols is 2. The molecule has 110 valence electrons.